The number of aliphatic carboxylic acids is 1. The van der Waals surface area contributed by atoms with Gasteiger partial charge in [-0.1, -0.05) is 13.8 Å². The third kappa shape index (κ3) is 5.94. The summed E-state index contributed by atoms with van der Waals surface area (Å²) in [6.07, 6.45) is 0.976. The molecule has 0 aliphatic carbocycles. The fourth-order valence-electron chi connectivity index (χ4n) is 1.26. The zero-order valence-corrected chi connectivity index (χ0v) is 9.58. The Balaban J connectivity index is 3.67. The van der Waals surface area contributed by atoms with Crippen molar-refractivity contribution >= 4 is 5.97 Å². The largest absolute Gasteiger partial charge is 0.480 e. The molecule has 0 fully saturated rings. The highest BCUT2D eigenvalue weighted by Gasteiger charge is 2.19. The lowest BCUT2D eigenvalue weighted by Crippen LogP contribution is -2.41. The van der Waals surface area contributed by atoms with Crippen LogP contribution in [0.15, 0.2) is 0 Å². The van der Waals surface area contributed by atoms with Crippen LogP contribution in [0.25, 0.3) is 0 Å². The zero-order chi connectivity index (χ0) is 11.1. The van der Waals surface area contributed by atoms with Crippen LogP contribution in [0, 0.1) is 5.92 Å². The minimum absolute atomic E-state index is 0.131. The number of carbonyl (C=O) groups is 1. The van der Waals surface area contributed by atoms with E-state index in [9.17, 15) is 4.79 Å². The monoisotopic (exact) mass is 202 g/mol. The second-order valence-corrected chi connectivity index (χ2v) is 4.17. The van der Waals surface area contributed by atoms with Gasteiger partial charge in [0.2, 0.25) is 0 Å². The van der Waals surface area contributed by atoms with Crippen molar-refractivity contribution in [1.82, 2.24) is 10.2 Å². The molecule has 0 aromatic rings. The number of carboxylic acid groups (broad SMARTS) is 1. The zero-order valence-electron chi connectivity index (χ0n) is 9.58. The van der Waals surface area contributed by atoms with Gasteiger partial charge in [-0.3, -0.25) is 4.79 Å². The second kappa shape index (κ2) is 6.79. The Hall–Kier alpha value is -0.610. The molecule has 1 atom stereocenters. The van der Waals surface area contributed by atoms with Crippen molar-refractivity contribution in [3.63, 3.8) is 0 Å². The predicted octanol–water partition coefficient (Wildman–Crippen LogP) is 0.637. The Morgan fingerprint density at radius 2 is 2.00 bits per heavy atom. The first kappa shape index (κ1) is 13.4. The van der Waals surface area contributed by atoms with Gasteiger partial charge in [0.25, 0.3) is 0 Å². The third-order valence-corrected chi connectivity index (χ3v) is 2.08. The molecule has 0 amide bonds. The second-order valence-electron chi connectivity index (χ2n) is 4.17. The van der Waals surface area contributed by atoms with E-state index in [4.69, 9.17) is 5.11 Å². The predicted molar refractivity (Wildman–Crippen MR) is 57.4 cm³/mol. The van der Waals surface area contributed by atoms with Gasteiger partial charge >= 0.3 is 5.97 Å². The van der Waals surface area contributed by atoms with E-state index in [1.807, 2.05) is 27.9 Å². The Morgan fingerprint density at radius 3 is 2.36 bits per heavy atom. The summed E-state index contributed by atoms with van der Waals surface area (Å²) in [7, 11) is 4.02. The summed E-state index contributed by atoms with van der Waals surface area (Å²) in [5.41, 5.74) is 0. The van der Waals surface area contributed by atoms with E-state index in [1.54, 1.807) is 0 Å². The van der Waals surface area contributed by atoms with Crippen LogP contribution in [-0.4, -0.2) is 49.2 Å². The lowest BCUT2D eigenvalue weighted by Gasteiger charge is -2.18. The number of nitrogens with one attached hydrogen (secondary N) is 1. The van der Waals surface area contributed by atoms with Gasteiger partial charge in [-0.25, -0.2) is 0 Å². The smallest absolute Gasteiger partial charge is 0.320 e. The fourth-order valence-corrected chi connectivity index (χ4v) is 1.26. The van der Waals surface area contributed by atoms with Crippen LogP contribution in [0.1, 0.15) is 20.3 Å². The minimum Gasteiger partial charge on any atom is -0.480 e. The van der Waals surface area contributed by atoms with Crippen LogP contribution < -0.4 is 5.32 Å². The van der Waals surface area contributed by atoms with E-state index in [-0.39, 0.29) is 5.92 Å². The van der Waals surface area contributed by atoms with E-state index < -0.39 is 12.0 Å². The first-order chi connectivity index (χ1) is 6.45. The average molecular weight is 202 g/mol. The maximum atomic E-state index is 10.8. The maximum Gasteiger partial charge on any atom is 0.320 e. The van der Waals surface area contributed by atoms with Crippen molar-refractivity contribution < 1.29 is 9.90 Å². The molecule has 84 valence electrons. The standard InChI is InChI=1S/C10H22N2O2/c1-8(2)9(10(13)14)11-6-5-7-12(3)4/h8-9,11H,5-7H2,1-4H3,(H,13,14). The Bertz CT molecular complexity index is 170. The Kier molecular flexibility index (Phi) is 6.49. The van der Waals surface area contributed by atoms with Crippen LogP contribution in [0.3, 0.4) is 0 Å². The summed E-state index contributed by atoms with van der Waals surface area (Å²) in [6.45, 7) is 5.57. The summed E-state index contributed by atoms with van der Waals surface area (Å²) in [5, 5.41) is 11.9. The molecule has 4 nitrogen and oxygen atoms in total. The molecular weight excluding hydrogens is 180 g/mol. The normalized spacial score (nSPS) is 13.6. The molecular formula is C10H22N2O2. The van der Waals surface area contributed by atoms with Crippen LogP contribution in [0.5, 0.6) is 0 Å². The summed E-state index contributed by atoms with van der Waals surface area (Å²) < 4.78 is 0. The molecule has 0 bridgehead atoms. The van der Waals surface area contributed by atoms with E-state index in [0.29, 0.717) is 0 Å². The van der Waals surface area contributed by atoms with Crippen molar-refractivity contribution in [1.29, 1.82) is 0 Å². The van der Waals surface area contributed by atoms with Crippen LogP contribution in [-0.2, 0) is 4.79 Å². The number of nitrogens with zero attached hydrogens (tertiary/aromatic N) is 1. The molecule has 0 aliphatic rings. The molecule has 4 heteroatoms. The molecule has 0 radical (unpaired) electrons. The van der Waals surface area contributed by atoms with Gasteiger partial charge in [0.15, 0.2) is 0 Å². The molecule has 1 unspecified atom stereocenters. The van der Waals surface area contributed by atoms with Crippen LogP contribution in [0.4, 0.5) is 0 Å². The van der Waals surface area contributed by atoms with Crippen LogP contribution >= 0.6 is 0 Å². The molecule has 0 aliphatic heterocycles. The average Bonchev–Trinajstić information content (AvgIpc) is 2.01. The first-order valence-electron chi connectivity index (χ1n) is 5.06. The topological polar surface area (TPSA) is 52.6 Å². The van der Waals surface area contributed by atoms with Gasteiger partial charge in [-0.05, 0) is 39.5 Å². The molecule has 0 rings (SSSR count). The highest BCUT2D eigenvalue weighted by Crippen LogP contribution is 2.01. The Morgan fingerprint density at radius 1 is 1.43 bits per heavy atom. The van der Waals surface area contributed by atoms with Gasteiger partial charge in [-0.15, -0.1) is 0 Å². The summed E-state index contributed by atoms with van der Waals surface area (Å²) >= 11 is 0. The SMILES string of the molecule is CC(C)C(NCCCN(C)C)C(=O)O. The molecule has 0 aromatic carbocycles. The minimum atomic E-state index is -0.759. The highest BCUT2D eigenvalue weighted by atomic mass is 16.4. The molecule has 0 aromatic heterocycles. The first-order valence-corrected chi connectivity index (χ1v) is 5.06. The number of carboxylic acids is 1. The fraction of sp³-hybridized carbons (Fsp3) is 0.900. The molecule has 0 saturated carbocycles. The number of rotatable bonds is 7. The van der Waals surface area contributed by atoms with E-state index in [1.165, 1.54) is 0 Å². The Labute approximate surface area is 86.3 Å². The van der Waals surface area contributed by atoms with Crippen molar-refractivity contribution in [2.45, 2.75) is 26.3 Å². The van der Waals surface area contributed by atoms with Crippen molar-refractivity contribution in [3.05, 3.63) is 0 Å². The third-order valence-electron chi connectivity index (χ3n) is 2.08. The molecule has 0 spiro atoms. The molecule has 0 saturated heterocycles. The quantitative estimate of drug-likeness (QED) is 0.595. The number of hydrogen-bond donors (Lipinski definition) is 2. The molecule has 2 N–H and O–H groups in total. The van der Waals surface area contributed by atoms with Gasteiger partial charge in [-0.2, -0.15) is 0 Å². The summed E-state index contributed by atoms with van der Waals surface area (Å²) in [5.74, 6) is -0.628. The molecule has 14 heavy (non-hydrogen) atoms. The van der Waals surface area contributed by atoms with Crippen LogP contribution in [0.2, 0.25) is 0 Å². The van der Waals surface area contributed by atoms with Gasteiger partial charge < -0.3 is 15.3 Å². The van der Waals surface area contributed by atoms with Gasteiger partial charge in [0.1, 0.15) is 6.04 Å². The van der Waals surface area contributed by atoms with Crippen molar-refractivity contribution in [2.24, 2.45) is 5.92 Å². The van der Waals surface area contributed by atoms with Crippen molar-refractivity contribution in [2.75, 3.05) is 27.2 Å². The lowest BCUT2D eigenvalue weighted by molar-refractivity contribution is -0.140. The summed E-state index contributed by atoms with van der Waals surface area (Å²) in [6, 6.07) is -0.419. The van der Waals surface area contributed by atoms with E-state index >= 15 is 0 Å². The van der Waals surface area contributed by atoms with Gasteiger partial charge in [0.05, 0.1) is 0 Å². The summed E-state index contributed by atoms with van der Waals surface area (Å²) in [4.78, 5) is 12.9. The lowest BCUT2D eigenvalue weighted by atomic mass is 10.0. The number of hydrogen-bond acceptors (Lipinski definition) is 3. The highest BCUT2D eigenvalue weighted by molar-refractivity contribution is 5.73. The van der Waals surface area contributed by atoms with E-state index in [2.05, 4.69) is 10.2 Å². The molecule has 0 heterocycles. The van der Waals surface area contributed by atoms with Gasteiger partial charge in [0, 0.05) is 0 Å². The van der Waals surface area contributed by atoms with E-state index in [0.717, 1.165) is 19.5 Å². The maximum absolute atomic E-state index is 10.8. The van der Waals surface area contributed by atoms with Crippen molar-refractivity contribution in [3.8, 4) is 0 Å².